The average molecular weight is 157 g/mol. The molecule has 0 aliphatic carbocycles. The molecule has 0 radical (unpaired) electrons. The maximum absolute atomic E-state index is 12.5. The van der Waals surface area contributed by atoms with Crippen molar-refractivity contribution in [3.63, 3.8) is 0 Å². The topological polar surface area (TPSA) is 0 Å². The van der Waals surface area contributed by atoms with Crippen LogP contribution < -0.4 is 0 Å². The first-order valence-electron chi connectivity index (χ1n) is 3.03. The van der Waals surface area contributed by atoms with Gasteiger partial charge in [-0.05, 0) is 12.1 Å². The third kappa shape index (κ3) is 1.74. The maximum Gasteiger partial charge on any atom is 0.157 e. The van der Waals surface area contributed by atoms with Crippen LogP contribution in [0.15, 0.2) is 29.2 Å². The minimum atomic E-state index is -0.140. The van der Waals surface area contributed by atoms with Crippen molar-refractivity contribution >= 4 is 10.9 Å². The Bertz CT molecular complexity index is 220. The molecule has 0 spiro atoms. The van der Waals surface area contributed by atoms with Gasteiger partial charge in [-0.15, -0.1) is 0 Å². The summed E-state index contributed by atoms with van der Waals surface area (Å²) in [7, 11) is 0.171. The van der Waals surface area contributed by atoms with E-state index < -0.39 is 0 Å². The molecule has 54 valence electrons. The van der Waals surface area contributed by atoms with Gasteiger partial charge in [0.1, 0.15) is 18.3 Å². The van der Waals surface area contributed by atoms with Crippen molar-refractivity contribution in [2.45, 2.75) is 4.90 Å². The molecule has 0 aliphatic heterocycles. The summed E-state index contributed by atoms with van der Waals surface area (Å²) < 4.78 is 12.5. The third-order valence-corrected chi connectivity index (χ3v) is 2.46. The van der Waals surface area contributed by atoms with E-state index >= 15 is 0 Å². The van der Waals surface area contributed by atoms with Gasteiger partial charge in [0.25, 0.3) is 0 Å². The lowest BCUT2D eigenvalue weighted by Gasteiger charge is -1.93. The molecular formula is C8H10FS+. The summed E-state index contributed by atoms with van der Waals surface area (Å²) >= 11 is 0. The molecule has 0 aliphatic rings. The Kier molecular flexibility index (Phi) is 2.33. The predicted molar refractivity (Wildman–Crippen MR) is 43.9 cm³/mol. The summed E-state index contributed by atoms with van der Waals surface area (Å²) in [6.07, 6.45) is 4.16. The fraction of sp³-hybridized carbons (Fsp3) is 0.250. The van der Waals surface area contributed by atoms with Gasteiger partial charge in [0.05, 0.1) is 0 Å². The van der Waals surface area contributed by atoms with Crippen molar-refractivity contribution in [3.8, 4) is 0 Å². The second-order valence-electron chi connectivity index (χ2n) is 2.27. The molecule has 0 aromatic heterocycles. The highest BCUT2D eigenvalue weighted by atomic mass is 32.2. The molecule has 10 heavy (non-hydrogen) atoms. The van der Waals surface area contributed by atoms with E-state index in [-0.39, 0.29) is 16.7 Å². The Labute approximate surface area is 63.4 Å². The monoisotopic (exact) mass is 157 g/mol. The first-order valence-corrected chi connectivity index (χ1v) is 5.07. The second kappa shape index (κ2) is 3.06. The number of hydrogen-bond donors (Lipinski definition) is 0. The first kappa shape index (κ1) is 7.61. The van der Waals surface area contributed by atoms with Crippen LogP contribution in [-0.2, 0) is 10.9 Å². The molecular weight excluding hydrogens is 147 g/mol. The summed E-state index contributed by atoms with van der Waals surface area (Å²) in [6.45, 7) is 0. The van der Waals surface area contributed by atoms with Crippen molar-refractivity contribution in [3.05, 3.63) is 30.1 Å². The van der Waals surface area contributed by atoms with E-state index in [4.69, 9.17) is 0 Å². The van der Waals surface area contributed by atoms with Crippen LogP contribution in [-0.4, -0.2) is 12.5 Å². The smallest absolute Gasteiger partial charge is 0.157 e. The molecule has 0 saturated heterocycles. The zero-order chi connectivity index (χ0) is 7.56. The molecule has 0 saturated carbocycles. The van der Waals surface area contributed by atoms with E-state index in [1.165, 1.54) is 6.07 Å². The van der Waals surface area contributed by atoms with Gasteiger partial charge < -0.3 is 0 Å². The van der Waals surface area contributed by atoms with Crippen LogP contribution in [0.25, 0.3) is 0 Å². The molecule has 0 bridgehead atoms. The van der Waals surface area contributed by atoms with Crippen LogP contribution in [0, 0.1) is 5.82 Å². The Morgan fingerprint density at radius 3 is 2.40 bits per heavy atom. The van der Waals surface area contributed by atoms with Crippen LogP contribution in [0.4, 0.5) is 4.39 Å². The molecule has 0 unspecified atom stereocenters. The van der Waals surface area contributed by atoms with Crippen molar-refractivity contribution in [2.75, 3.05) is 12.5 Å². The van der Waals surface area contributed by atoms with E-state index in [1.54, 1.807) is 12.1 Å². The Hall–Kier alpha value is -0.500. The molecule has 0 atom stereocenters. The fourth-order valence-electron chi connectivity index (χ4n) is 0.721. The number of rotatable bonds is 1. The third-order valence-electron chi connectivity index (χ3n) is 1.27. The van der Waals surface area contributed by atoms with Crippen LogP contribution in [0.5, 0.6) is 0 Å². The zero-order valence-corrected chi connectivity index (χ0v) is 6.91. The first-order chi connectivity index (χ1) is 4.70. The highest BCUT2D eigenvalue weighted by molar-refractivity contribution is 7.95. The lowest BCUT2D eigenvalue weighted by molar-refractivity contribution is 0.624. The van der Waals surface area contributed by atoms with Crippen LogP contribution in [0.2, 0.25) is 0 Å². The van der Waals surface area contributed by atoms with E-state index in [0.29, 0.717) is 0 Å². The van der Waals surface area contributed by atoms with Crippen molar-refractivity contribution < 1.29 is 4.39 Å². The summed E-state index contributed by atoms with van der Waals surface area (Å²) in [5.41, 5.74) is 0. The molecule has 0 heterocycles. The molecule has 2 heteroatoms. The SMILES string of the molecule is C[S+](C)c1cccc(F)c1. The van der Waals surface area contributed by atoms with Crippen molar-refractivity contribution in [1.82, 2.24) is 0 Å². The van der Waals surface area contributed by atoms with E-state index in [9.17, 15) is 4.39 Å². The van der Waals surface area contributed by atoms with E-state index in [0.717, 1.165) is 4.90 Å². The van der Waals surface area contributed by atoms with E-state index in [2.05, 4.69) is 12.5 Å². The maximum atomic E-state index is 12.5. The summed E-state index contributed by atoms with van der Waals surface area (Å²) in [5.74, 6) is -0.140. The molecule has 1 aromatic carbocycles. The number of halogens is 1. The number of benzene rings is 1. The minimum Gasteiger partial charge on any atom is -0.207 e. The summed E-state index contributed by atoms with van der Waals surface area (Å²) in [5, 5.41) is 0. The Morgan fingerprint density at radius 1 is 1.30 bits per heavy atom. The van der Waals surface area contributed by atoms with Gasteiger partial charge in [-0.2, -0.15) is 0 Å². The predicted octanol–water partition coefficient (Wildman–Crippen LogP) is 2.06. The molecule has 0 N–H and O–H groups in total. The average Bonchev–Trinajstić information content (AvgIpc) is 1.88. The van der Waals surface area contributed by atoms with Gasteiger partial charge in [0, 0.05) is 17.0 Å². The van der Waals surface area contributed by atoms with Gasteiger partial charge in [-0.25, -0.2) is 4.39 Å². The molecule has 0 amide bonds. The van der Waals surface area contributed by atoms with Gasteiger partial charge in [0.2, 0.25) is 0 Å². The second-order valence-corrected chi connectivity index (χ2v) is 4.38. The van der Waals surface area contributed by atoms with Crippen molar-refractivity contribution in [2.24, 2.45) is 0 Å². The highest BCUT2D eigenvalue weighted by Gasteiger charge is 2.07. The highest BCUT2D eigenvalue weighted by Crippen LogP contribution is 2.09. The lowest BCUT2D eigenvalue weighted by atomic mass is 10.4. The molecule has 1 rings (SSSR count). The van der Waals surface area contributed by atoms with Gasteiger partial charge in [-0.1, -0.05) is 6.07 Å². The van der Waals surface area contributed by atoms with Gasteiger partial charge >= 0.3 is 0 Å². The normalized spacial score (nSPS) is 10.4. The van der Waals surface area contributed by atoms with Crippen LogP contribution in [0.3, 0.4) is 0 Å². The molecule has 0 fully saturated rings. The van der Waals surface area contributed by atoms with E-state index in [1.807, 2.05) is 6.07 Å². The van der Waals surface area contributed by atoms with Crippen LogP contribution >= 0.6 is 0 Å². The minimum absolute atomic E-state index is 0.140. The number of hydrogen-bond acceptors (Lipinski definition) is 0. The van der Waals surface area contributed by atoms with Gasteiger partial charge in [-0.3, -0.25) is 0 Å². The Balaban J connectivity index is 2.96. The lowest BCUT2D eigenvalue weighted by Crippen LogP contribution is -1.95. The molecule has 1 aromatic rings. The largest absolute Gasteiger partial charge is 0.207 e. The summed E-state index contributed by atoms with van der Waals surface area (Å²) in [6, 6.07) is 6.75. The van der Waals surface area contributed by atoms with Crippen molar-refractivity contribution in [1.29, 1.82) is 0 Å². The quantitative estimate of drug-likeness (QED) is 0.547. The standard InChI is InChI=1S/C8H10FS/c1-10(2)8-5-3-4-7(9)6-8/h3-6H,1-2H3/q+1. The molecule has 0 nitrogen and oxygen atoms in total. The summed E-state index contributed by atoms with van der Waals surface area (Å²) in [4.78, 5) is 1.08. The zero-order valence-electron chi connectivity index (χ0n) is 6.10. The van der Waals surface area contributed by atoms with Gasteiger partial charge in [0.15, 0.2) is 4.90 Å². The fourth-order valence-corrected chi connectivity index (χ4v) is 1.42. The van der Waals surface area contributed by atoms with Crippen LogP contribution in [0.1, 0.15) is 0 Å². The Morgan fingerprint density at radius 2 is 2.00 bits per heavy atom.